The summed E-state index contributed by atoms with van der Waals surface area (Å²) in [6, 6.07) is 0. The maximum Gasteiger partial charge on any atom is 0.167 e. The van der Waals surface area contributed by atoms with Crippen molar-refractivity contribution in [2.24, 2.45) is 0 Å². The van der Waals surface area contributed by atoms with Gasteiger partial charge in [0, 0.05) is 0 Å². The molecule has 1 saturated heterocycles. The molecule has 108 valence electrons. The first-order valence-corrected chi connectivity index (χ1v) is 6.13. The molecule has 0 bridgehead atoms. The topological polar surface area (TPSA) is 140 Å². The Labute approximate surface area is 113 Å². The molecule has 0 aromatic carbocycles. The van der Waals surface area contributed by atoms with Crippen LogP contribution in [0.4, 0.5) is 5.82 Å². The molecule has 0 aliphatic carbocycles. The van der Waals surface area contributed by atoms with Crippen molar-refractivity contribution in [3.8, 4) is 0 Å². The van der Waals surface area contributed by atoms with Crippen LogP contribution < -0.4 is 5.73 Å². The zero-order valence-electron chi connectivity index (χ0n) is 10.7. The number of fused-ring (bicyclic) bond motifs is 1. The highest BCUT2D eigenvalue weighted by Crippen LogP contribution is 2.30. The van der Waals surface area contributed by atoms with Gasteiger partial charge >= 0.3 is 0 Å². The van der Waals surface area contributed by atoms with Crippen molar-refractivity contribution < 1.29 is 20.1 Å². The minimum absolute atomic E-state index is 0.215. The number of aliphatic hydroxyl groups excluding tert-OH is 3. The van der Waals surface area contributed by atoms with Gasteiger partial charge in [-0.15, -0.1) is 0 Å². The summed E-state index contributed by atoms with van der Waals surface area (Å²) in [6.45, 7) is 1.61. The second-order valence-electron chi connectivity index (χ2n) is 4.79. The van der Waals surface area contributed by atoms with E-state index in [-0.39, 0.29) is 5.82 Å². The maximum atomic E-state index is 10.1. The molecule has 3 rings (SSSR count). The third-order valence-electron chi connectivity index (χ3n) is 3.49. The Morgan fingerprint density at radius 1 is 1.15 bits per heavy atom. The van der Waals surface area contributed by atoms with Gasteiger partial charge in [-0.3, -0.25) is 4.57 Å². The third kappa shape index (κ3) is 1.83. The Morgan fingerprint density at radius 3 is 2.65 bits per heavy atom. The molecule has 1 fully saturated rings. The van der Waals surface area contributed by atoms with Crippen molar-refractivity contribution in [3.63, 3.8) is 0 Å². The van der Waals surface area contributed by atoms with Crippen molar-refractivity contribution in [3.05, 3.63) is 12.7 Å². The lowest BCUT2D eigenvalue weighted by atomic mass is 9.99. The van der Waals surface area contributed by atoms with Crippen LogP contribution in [0, 0.1) is 0 Å². The molecule has 5 N–H and O–H groups in total. The average Bonchev–Trinajstić information content (AvgIpc) is 2.86. The van der Waals surface area contributed by atoms with Gasteiger partial charge in [-0.2, -0.15) is 0 Å². The number of imidazole rings is 1. The Kier molecular flexibility index (Phi) is 3.05. The summed E-state index contributed by atoms with van der Waals surface area (Å²) >= 11 is 0. The molecule has 0 amide bonds. The van der Waals surface area contributed by atoms with Crippen molar-refractivity contribution >= 4 is 17.0 Å². The second-order valence-corrected chi connectivity index (χ2v) is 4.79. The molecule has 1 aliphatic rings. The first kappa shape index (κ1) is 13.2. The Morgan fingerprint density at radius 2 is 1.90 bits per heavy atom. The smallest absolute Gasteiger partial charge is 0.167 e. The van der Waals surface area contributed by atoms with E-state index in [1.165, 1.54) is 17.2 Å². The lowest BCUT2D eigenvalue weighted by Crippen LogP contribution is -2.54. The molecule has 0 spiro atoms. The molecule has 0 unspecified atom stereocenters. The fourth-order valence-electron chi connectivity index (χ4n) is 2.32. The van der Waals surface area contributed by atoms with E-state index in [1.807, 2.05) is 0 Å². The number of nitrogen functional groups attached to an aromatic ring is 1. The molecule has 9 nitrogen and oxygen atoms in total. The van der Waals surface area contributed by atoms with Crippen LogP contribution in [-0.2, 0) is 4.74 Å². The molecule has 1 aliphatic heterocycles. The number of nitrogens with two attached hydrogens (primary N) is 1. The van der Waals surface area contributed by atoms with E-state index in [0.29, 0.717) is 11.2 Å². The zero-order chi connectivity index (χ0) is 14.4. The molecule has 0 radical (unpaired) electrons. The fraction of sp³-hybridized carbons (Fsp3) is 0.545. The highest BCUT2D eigenvalue weighted by Gasteiger charge is 2.43. The minimum Gasteiger partial charge on any atom is -0.388 e. The zero-order valence-corrected chi connectivity index (χ0v) is 10.7. The lowest BCUT2D eigenvalue weighted by molar-refractivity contribution is -0.239. The highest BCUT2D eigenvalue weighted by atomic mass is 16.5. The van der Waals surface area contributed by atoms with Crippen molar-refractivity contribution in [1.29, 1.82) is 0 Å². The van der Waals surface area contributed by atoms with Crippen molar-refractivity contribution in [1.82, 2.24) is 19.5 Å². The van der Waals surface area contributed by atoms with Gasteiger partial charge in [-0.1, -0.05) is 0 Å². The van der Waals surface area contributed by atoms with Gasteiger partial charge in [0.05, 0.1) is 12.4 Å². The van der Waals surface area contributed by atoms with Gasteiger partial charge in [-0.25, -0.2) is 15.0 Å². The first-order chi connectivity index (χ1) is 9.50. The summed E-state index contributed by atoms with van der Waals surface area (Å²) < 4.78 is 7.00. The number of rotatable bonds is 1. The van der Waals surface area contributed by atoms with Gasteiger partial charge in [0.15, 0.2) is 17.7 Å². The molecule has 3 heterocycles. The van der Waals surface area contributed by atoms with Gasteiger partial charge in [0.1, 0.15) is 30.2 Å². The summed E-state index contributed by atoms with van der Waals surface area (Å²) in [7, 11) is 0. The van der Waals surface area contributed by atoms with Crippen LogP contribution in [0.25, 0.3) is 11.2 Å². The Hall–Kier alpha value is -1.81. The van der Waals surface area contributed by atoms with E-state index < -0.39 is 30.6 Å². The van der Waals surface area contributed by atoms with Gasteiger partial charge < -0.3 is 25.8 Å². The number of ether oxygens (including phenoxy) is 1. The van der Waals surface area contributed by atoms with E-state index in [0.717, 1.165) is 0 Å². The van der Waals surface area contributed by atoms with Crippen LogP contribution >= 0.6 is 0 Å². The first-order valence-electron chi connectivity index (χ1n) is 6.13. The molecular formula is C11H15N5O4. The molecule has 9 heteroatoms. The van der Waals surface area contributed by atoms with E-state index in [2.05, 4.69) is 15.0 Å². The Balaban J connectivity index is 2.04. The van der Waals surface area contributed by atoms with Crippen LogP contribution in [0.5, 0.6) is 0 Å². The largest absolute Gasteiger partial charge is 0.388 e. The van der Waals surface area contributed by atoms with Crippen LogP contribution in [-0.4, -0.2) is 59.3 Å². The highest BCUT2D eigenvalue weighted by molar-refractivity contribution is 5.81. The van der Waals surface area contributed by atoms with Crippen molar-refractivity contribution in [2.75, 3.05) is 5.73 Å². The van der Waals surface area contributed by atoms with Crippen LogP contribution in [0.15, 0.2) is 12.7 Å². The quantitative estimate of drug-likeness (QED) is 0.490. The third-order valence-corrected chi connectivity index (χ3v) is 3.49. The van der Waals surface area contributed by atoms with Crippen molar-refractivity contribution in [2.45, 2.75) is 37.6 Å². The number of hydrogen-bond acceptors (Lipinski definition) is 8. The van der Waals surface area contributed by atoms with E-state index in [4.69, 9.17) is 10.5 Å². The number of hydrogen-bond donors (Lipinski definition) is 4. The predicted octanol–water partition coefficient (Wildman–Crippen LogP) is -1.59. The average molecular weight is 281 g/mol. The van der Waals surface area contributed by atoms with Crippen LogP contribution in [0.3, 0.4) is 0 Å². The fourth-order valence-corrected chi connectivity index (χ4v) is 2.32. The monoisotopic (exact) mass is 281 g/mol. The van der Waals surface area contributed by atoms with Crippen LogP contribution in [0.1, 0.15) is 13.2 Å². The molecule has 5 atom stereocenters. The normalized spacial score (nSPS) is 34.5. The summed E-state index contributed by atoms with van der Waals surface area (Å²) in [5.74, 6) is 0.215. The number of anilines is 1. The van der Waals surface area contributed by atoms with E-state index >= 15 is 0 Å². The summed E-state index contributed by atoms with van der Waals surface area (Å²) in [4.78, 5) is 12.0. The number of nitrogens with zero attached hydrogens (tertiary/aromatic N) is 4. The standard InChI is InChI=1S/C11H15N5O4/c1-4-6(17)7(18)8(19)11(20-4)16-3-15-5-9(12)13-2-14-10(5)16/h2-4,6-8,11,17-19H,1H3,(H2,12,13,14)/t4-,6+,7+,8+,11+/m0/s1. The molecule has 2 aromatic heterocycles. The predicted molar refractivity (Wildman–Crippen MR) is 67.3 cm³/mol. The van der Waals surface area contributed by atoms with Gasteiger partial charge in [0.2, 0.25) is 0 Å². The second kappa shape index (κ2) is 4.63. The number of aliphatic hydroxyl groups is 3. The summed E-state index contributed by atoms with van der Waals surface area (Å²) in [5.41, 5.74) is 6.46. The van der Waals surface area contributed by atoms with Gasteiger partial charge in [0.25, 0.3) is 0 Å². The summed E-state index contributed by atoms with van der Waals surface area (Å²) in [6.07, 6.45) is -2.66. The molecule has 0 saturated carbocycles. The summed E-state index contributed by atoms with van der Waals surface area (Å²) in [5, 5.41) is 29.6. The molecule has 20 heavy (non-hydrogen) atoms. The van der Waals surface area contributed by atoms with Gasteiger partial charge in [-0.05, 0) is 6.92 Å². The minimum atomic E-state index is -1.32. The SMILES string of the molecule is C[C@@H]1O[C@@H](n2cnc3c(N)ncnc32)[C@H](O)[C@H](O)[C@@H]1O. The molecule has 2 aromatic rings. The van der Waals surface area contributed by atoms with E-state index in [1.54, 1.807) is 6.92 Å². The lowest BCUT2D eigenvalue weighted by Gasteiger charge is -2.39. The maximum absolute atomic E-state index is 10.1. The van der Waals surface area contributed by atoms with Crippen LogP contribution in [0.2, 0.25) is 0 Å². The van der Waals surface area contributed by atoms with E-state index in [9.17, 15) is 15.3 Å². The Bertz CT molecular complexity index is 632. The number of aromatic nitrogens is 4. The molecular weight excluding hydrogens is 266 g/mol.